The van der Waals surface area contributed by atoms with Crippen molar-refractivity contribution in [1.82, 2.24) is 9.55 Å². The number of benzene rings is 2. The number of H-pyrrole nitrogens is 1. The smallest absolute Gasteiger partial charge is 0.306 e. The molecule has 0 atom stereocenters. The number of ketones is 1. The van der Waals surface area contributed by atoms with E-state index in [4.69, 9.17) is 11.6 Å². The number of aromatic amines is 1. The van der Waals surface area contributed by atoms with E-state index in [2.05, 4.69) is 4.98 Å². The number of carbonyl (C=O) groups excluding carboxylic acids is 1. The van der Waals surface area contributed by atoms with Crippen LogP contribution in [0.2, 0.25) is 5.02 Å². The number of sulfone groups is 1. The van der Waals surface area contributed by atoms with Crippen LogP contribution in [0, 0.1) is 12.7 Å². The van der Waals surface area contributed by atoms with Gasteiger partial charge < -0.3 is 4.98 Å². The molecule has 2 heterocycles. The summed E-state index contributed by atoms with van der Waals surface area (Å²) < 4.78 is 40.2. The molecule has 170 valence electrons. The van der Waals surface area contributed by atoms with Crippen LogP contribution in [-0.2, 0) is 21.1 Å². The Bertz CT molecular complexity index is 1600. The molecule has 0 aliphatic heterocycles. The van der Waals surface area contributed by atoms with Crippen LogP contribution in [0.5, 0.6) is 0 Å². The van der Waals surface area contributed by atoms with Crippen LogP contribution < -0.4 is 11.2 Å². The van der Waals surface area contributed by atoms with Crippen LogP contribution in [0.3, 0.4) is 0 Å². The summed E-state index contributed by atoms with van der Waals surface area (Å²) in [6.45, 7) is 1.80. The van der Waals surface area contributed by atoms with Crippen molar-refractivity contribution in [3.8, 4) is 5.69 Å². The Morgan fingerprint density at radius 3 is 2.61 bits per heavy atom. The molecule has 0 aliphatic carbocycles. The lowest BCUT2D eigenvalue weighted by molar-refractivity contribution is -0.116. The fourth-order valence-corrected chi connectivity index (χ4v) is 6.12. The highest BCUT2D eigenvalue weighted by atomic mass is 35.5. The van der Waals surface area contributed by atoms with Gasteiger partial charge in [-0.15, -0.1) is 11.3 Å². The zero-order valence-corrected chi connectivity index (χ0v) is 19.5. The highest BCUT2D eigenvalue weighted by molar-refractivity contribution is 7.94. The van der Waals surface area contributed by atoms with E-state index >= 15 is 4.39 Å². The molecule has 0 fully saturated rings. The first-order chi connectivity index (χ1) is 15.6. The van der Waals surface area contributed by atoms with Gasteiger partial charge in [-0.2, -0.15) is 0 Å². The predicted octanol–water partition coefficient (Wildman–Crippen LogP) is 3.43. The van der Waals surface area contributed by atoms with Gasteiger partial charge in [-0.05, 0) is 53.8 Å². The molecule has 2 aromatic heterocycles. The Labute approximate surface area is 196 Å². The molecule has 4 rings (SSSR count). The third-order valence-corrected chi connectivity index (χ3v) is 8.36. The summed E-state index contributed by atoms with van der Waals surface area (Å²) >= 11 is 7.21. The van der Waals surface area contributed by atoms with Crippen LogP contribution in [0.15, 0.2) is 61.6 Å². The molecule has 33 heavy (non-hydrogen) atoms. The minimum Gasteiger partial charge on any atom is -0.306 e. The Balaban J connectivity index is 1.69. The number of halogens is 2. The van der Waals surface area contributed by atoms with Gasteiger partial charge in [-0.25, -0.2) is 22.2 Å². The van der Waals surface area contributed by atoms with Crippen molar-refractivity contribution in [2.75, 3.05) is 5.75 Å². The van der Waals surface area contributed by atoms with Crippen LogP contribution in [0.4, 0.5) is 4.39 Å². The van der Waals surface area contributed by atoms with Gasteiger partial charge in [0, 0.05) is 6.42 Å². The SMILES string of the molecule is Cc1ccc2c(=O)n(-c3c(F)cc(CC(=O)CS(=O)(=O)c4cccs4)cc3Cl)c(=O)[nH]c2c1. The van der Waals surface area contributed by atoms with Gasteiger partial charge in [-0.3, -0.25) is 9.59 Å². The van der Waals surface area contributed by atoms with Crippen molar-refractivity contribution in [1.29, 1.82) is 0 Å². The van der Waals surface area contributed by atoms with E-state index in [0.717, 1.165) is 23.0 Å². The Morgan fingerprint density at radius 1 is 1.18 bits per heavy atom. The molecule has 0 unspecified atom stereocenters. The van der Waals surface area contributed by atoms with Crippen molar-refractivity contribution >= 4 is 49.5 Å². The molecule has 2 aromatic carbocycles. The first kappa shape index (κ1) is 23.1. The normalized spacial score (nSPS) is 11.7. The number of hydrogen-bond acceptors (Lipinski definition) is 6. The highest BCUT2D eigenvalue weighted by Gasteiger charge is 2.22. The quantitative estimate of drug-likeness (QED) is 0.431. The lowest BCUT2D eigenvalue weighted by Crippen LogP contribution is -2.34. The number of thiophene rings is 1. The maximum atomic E-state index is 15.0. The van der Waals surface area contributed by atoms with Crippen LogP contribution >= 0.6 is 22.9 Å². The third kappa shape index (κ3) is 4.54. The van der Waals surface area contributed by atoms with Gasteiger partial charge in [-0.1, -0.05) is 23.7 Å². The molecule has 7 nitrogen and oxygen atoms in total. The van der Waals surface area contributed by atoms with Gasteiger partial charge in [0.2, 0.25) is 0 Å². The number of aromatic nitrogens is 2. The first-order valence-electron chi connectivity index (χ1n) is 9.59. The number of aryl methyl sites for hydroxylation is 1. The number of rotatable bonds is 6. The molecule has 0 saturated carbocycles. The summed E-state index contributed by atoms with van der Waals surface area (Å²) in [6.07, 6.45) is -0.385. The molecule has 0 saturated heterocycles. The fourth-order valence-electron chi connectivity index (χ4n) is 3.47. The minimum atomic E-state index is -3.79. The molecular weight excluding hydrogens is 491 g/mol. The predicted molar refractivity (Wildman–Crippen MR) is 125 cm³/mol. The molecule has 11 heteroatoms. The van der Waals surface area contributed by atoms with E-state index < -0.39 is 44.1 Å². The van der Waals surface area contributed by atoms with Gasteiger partial charge in [0.15, 0.2) is 15.6 Å². The van der Waals surface area contributed by atoms with Crippen molar-refractivity contribution in [3.05, 3.63) is 90.6 Å². The van der Waals surface area contributed by atoms with Gasteiger partial charge >= 0.3 is 5.69 Å². The minimum absolute atomic E-state index is 0.0699. The molecule has 0 radical (unpaired) electrons. The van der Waals surface area contributed by atoms with Crippen LogP contribution in [-0.4, -0.2) is 29.5 Å². The number of nitrogens with zero attached hydrogens (tertiary/aromatic N) is 1. The van der Waals surface area contributed by atoms with Gasteiger partial charge in [0.1, 0.15) is 21.5 Å². The van der Waals surface area contributed by atoms with E-state index in [-0.39, 0.29) is 26.6 Å². The second-order valence-corrected chi connectivity index (χ2v) is 11.0. The number of fused-ring (bicyclic) bond motifs is 1. The van der Waals surface area contributed by atoms with E-state index in [1.807, 2.05) is 0 Å². The van der Waals surface area contributed by atoms with Crippen molar-refractivity contribution in [2.45, 2.75) is 17.6 Å². The molecule has 4 aromatic rings. The third-order valence-electron chi connectivity index (χ3n) is 4.91. The Morgan fingerprint density at radius 2 is 1.94 bits per heavy atom. The molecular formula is C22H16ClFN2O5S2. The number of Topliss-reactive ketones (excluding diaryl/α,β-unsaturated/α-hetero) is 1. The topological polar surface area (TPSA) is 106 Å². The number of carbonyl (C=O) groups is 1. The molecule has 0 amide bonds. The second kappa shape index (κ2) is 8.69. The lowest BCUT2D eigenvalue weighted by Gasteiger charge is -2.12. The maximum absolute atomic E-state index is 15.0. The lowest BCUT2D eigenvalue weighted by atomic mass is 10.1. The monoisotopic (exact) mass is 506 g/mol. The molecule has 0 bridgehead atoms. The number of hydrogen-bond donors (Lipinski definition) is 1. The van der Waals surface area contributed by atoms with Crippen molar-refractivity contribution in [3.63, 3.8) is 0 Å². The summed E-state index contributed by atoms with van der Waals surface area (Å²) in [5.74, 6) is -2.38. The zero-order valence-electron chi connectivity index (χ0n) is 17.1. The summed E-state index contributed by atoms with van der Waals surface area (Å²) in [7, 11) is -3.79. The summed E-state index contributed by atoms with van der Waals surface area (Å²) in [5.41, 5.74) is -0.812. The highest BCUT2D eigenvalue weighted by Crippen LogP contribution is 2.25. The summed E-state index contributed by atoms with van der Waals surface area (Å²) in [6, 6.07) is 9.99. The Hall–Kier alpha value is -3.08. The standard InChI is InChI=1S/C22H16ClFN2O5S2/c1-12-4-5-15-18(7-12)25-22(29)26(21(15)28)20-16(23)9-13(10-17(20)24)8-14(27)11-33(30,31)19-3-2-6-32-19/h2-7,9-10H,8,11H2,1H3,(H,25,29). The molecule has 0 spiro atoms. The van der Waals surface area contributed by atoms with E-state index in [1.165, 1.54) is 18.2 Å². The first-order valence-corrected chi connectivity index (χ1v) is 12.5. The molecule has 1 N–H and O–H groups in total. The average Bonchev–Trinajstić information content (AvgIpc) is 3.25. The average molecular weight is 507 g/mol. The molecule has 0 aliphatic rings. The second-order valence-electron chi connectivity index (χ2n) is 7.43. The summed E-state index contributed by atoms with van der Waals surface area (Å²) in [5, 5.41) is 1.50. The Kier molecular flexibility index (Phi) is 6.08. The van der Waals surface area contributed by atoms with E-state index in [1.54, 1.807) is 30.5 Å². The van der Waals surface area contributed by atoms with Gasteiger partial charge in [0.05, 0.1) is 15.9 Å². The van der Waals surface area contributed by atoms with Crippen molar-refractivity contribution in [2.24, 2.45) is 0 Å². The fraction of sp³-hybridized carbons (Fsp3) is 0.136. The van der Waals surface area contributed by atoms with E-state index in [9.17, 15) is 22.8 Å². The van der Waals surface area contributed by atoms with Gasteiger partial charge in [0.25, 0.3) is 5.56 Å². The van der Waals surface area contributed by atoms with Crippen LogP contribution in [0.1, 0.15) is 11.1 Å². The van der Waals surface area contributed by atoms with Crippen molar-refractivity contribution < 1.29 is 17.6 Å². The van der Waals surface area contributed by atoms with Crippen LogP contribution in [0.25, 0.3) is 16.6 Å². The summed E-state index contributed by atoms with van der Waals surface area (Å²) in [4.78, 5) is 40.3. The largest absolute Gasteiger partial charge is 0.333 e. The van der Waals surface area contributed by atoms with E-state index in [0.29, 0.717) is 10.1 Å². The maximum Gasteiger partial charge on any atom is 0.333 e. The number of nitrogens with one attached hydrogen (secondary N) is 1. The zero-order chi connectivity index (χ0) is 23.9.